The van der Waals surface area contributed by atoms with Gasteiger partial charge >= 0.3 is 15.6 Å². The Kier molecular flexibility index (Phi) is 8.69. The van der Waals surface area contributed by atoms with Crippen LogP contribution in [-0.4, -0.2) is 31.6 Å². The summed E-state index contributed by atoms with van der Waals surface area (Å²) in [5.41, 5.74) is -5.53. The summed E-state index contributed by atoms with van der Waals surface area (Å²) in [6.07, 6.45) is 7.05. The maximum Gasteiger partial charge on any atom is 0.522 e. The maximum absolute atomic E-state index is 10.7. The molecule has 8 heteroatoms. The smallest absolute Gasteiger partial charge is 0.316 e. The van der Waals surface area contributed by atoms with Crippen molar-refractivity contribution >= 4 is 10.1 Å². The number of alkyl halides is 3. The Morgan fingerprint density at radius 3 is 2.30 bits per heavy atom. The van der Waals surface area contributed by atoms with Crippen LogP contribution < -0.4 is 5.32 Å². The van der Waals surface area contributed by atoms with Gasteiger partial charge in [-0.3, -0.25) is 4.55 Å². The summed E-state index contributed by atoms with van der Waals surface area (Å²) in [6, 6.07) is 0. The molecule has 4 nitrogen and oxygen atoms in total. The molecule has 0 radical (unpaired) electrons. The first-order chi connectivity index (χ1) is 9.09. The molecule has 1 saturated heterocycles. The van der Waals surface area contributed by atoms with Crippen molar-refractivity contribution in [2.24, 2.45) is 11.8 Å². The van der Waals surface area contributed by atoms with Gasteiger partial charge in [-0.1, -0.05) is 33.1 Å². The van der Waals surface area contributed by atoms with Crippen molar-refractivity contribution in [1.29, 1.82) is 0 Å². The zero-order valence-corrected chi connectivity index (χ0v) is 12.7. The molecule has 0 bridgehead atoms. The van der Waals surface area contributed by atoms with Gasteiger partial charge in [-0.25, -0.2) is 0 Å². The first kappa shape index (κ1) is 19.7. The van der Waals surface area contributed by atoms with E-state index in [9.17, 15) is 13.2 Å². The van der Waals surface area contributed by atoms with E-state index in [0.29, 0.717) is 0 Å². The molecule has 20 heavy (non-hydrogen) atoms. The Bertz CT molecular complexity index is 351. The second-order valence-corrected chi connectivity index (χ2v) is 6.56. The molecule has 0 aromatic carbocycles. The SMILES string of the molecule is CCCCC(C)C1CCCNC1.O=S(=O)(O)C(F)(F)F. The molecule has 2 atom stereocenters. The van der Waals surface area contributed by atoms with E-state index >= 15 is 0 Å². The molecule has 1 fully saturated rings. The highest BCUT2D eigenvalue weighted by Gasteiger charge is 2.44. The molecule has 2 N–H and O–H groups in total. The van der Waals surface area contributed by atoms with Crippen LogP contribution >= 0.6 is 0 Å². The molecule has 0 spiro atoms. The standard InChI is InChI=1S/C11H23N.CHF3O3S/c1-3-4-6-10(2)11-7-5-8-12-9-11;2-1(3,4)8(5,6)7/h10-12H,3-9H2,1-2H3;(H,5,6,7). The molecule has 0 saturated carbocycles. The Balaban J connectivity index is 0.000000396. The number of rotatable bonds is 4. The number of hydrogen-bond donors (Lipinski definition) is 2. The lowest BCUT2D eigenvalue weighted by Crippen LogP contribution is -2.33. The molecule has 1 aliphatic rings. The summed E-state index contributed by atoms with van der Waals surface area (Å²) < 4.78 is 57.5. The molecule has 2 unspecified atom stereocenters. The number of unbranched alkanes of at least 4 members (excludes halogenated alkanes) is 1. The molecule has 1 rings (SSSR count). The third-order valence-electron chi connectivity index (χ3n) is 3.45. The van der Waals surface area contributed by atoms with E-state index in [1.54, 1.807) is 0 Å². The van der Waals surface area contributed by atoms with Crippen LogP contribution in [0, 0.1) is 11.8 Å². The second-order valence-electron chi connectivity index (χ2n) is 5.15. The number of hydrogen-bond acceptors (Lipinski definition) is 3. The van der Waals surface area contributed by atoms with Crippen molar-refractivity contribution in [1.82, 2.24) is 5.32 Å². The van der Waals surface area contributed by atoms with Gasteiger partial charge in [-0.05, 0) is 37.8 Å². The molecule has 1 heterocycles. The van der Waals surface area contributed by atoms with Crippen LogP contribution in [-0.2, 0) is 10.1 Å². The molecule has 122 valence electrons. The summed E-state index contributed by atoms with van der Waals surface area (Å²) in [4.78, 5) is 0. The first-order valence-corrected chi connectivity index (χ1v) is 8.28. The van der Waals surface area contributed by atoms with Crippen LogP contribution in [0.1, 0.15) is 46.0 Å². The Morgan fingerprint density at radius 1 is 1.40 bits per heavy atom. The third-order valence-corrected chi connectivity index (χ3v) is 4.03. The largest absolute Gasteiger partial charge is 0.522 e. The van der Waals surface area contributed by atoms with Crippen molar-refractivity contribution in [2.75, 3.05) is 13.1 Å². The minimum atomic E-state index is -5.84. The zero-order valence-electron chi connectivity index (χ0n) is 11.9. The van der Waals surface area contributed by atoms with Crippen LogP contribution in [0.25, 0.3) is 0 Å². The fourth-order valence-corrected chi connectivity index (χ4v) is 2.13. The Hall–Kier alpha value is -0.340. The summed E-state index contributed by atoms with van der Waals surface area (Å²) >= 11 is 0. The minimum absolute atomic E-state index is 0.942. The normalized spacial score (nSPS) is 21.8. The highest BCUT2D eigenvalue weighted by molar-refractivity contribution is 7.86. The maximum atomic E-state index is 10.7. The van der Waals surface area contributed by atoms with Gasteiger partial charge in [0.1, 0.15) is 0 Å². The van der Waals surface area contributed by atoms with Crippen LogP contribution in [0.5, 0.6) is 0 Å². The van der Waals surface area contributed by atoms with E-state index in [1.165, 1.54) is 45.2 Å². The average molecular weight is 319 g/mol. The van der Waals surface area contributed by atoms with E-state index < -0.39 is 15.6 Å². The molecular formula is C12H24F3NO3S. The van der Waals surface area contributed by atoms with E-state index in [2.05, 4.69) is 19.2 Å². The predicted octanol–water partition coefficient (Wildman–Crippen LogP) is 3.21. The molecule has 1 aliphatic heterocycles. The number of nitrogens with one attached hydrogen (secondary N) is 1. The highest BCUT2D eigenvalue weighted by atomic mass is 32.2. The van der Waals surface area contributed by atoms with E-state index in [0.717, 1.165) is 11.8 Å². The van der Waals surface area contributed by atoms with Crippen molar-refractivity contribution in [3.63, 3.8) is 0 Å². The summed E-state index contributed by atoms with van der Waals surface area (Å²) in [5, 5.41) is 3.49. The summed E-state index contributed by atoms with van der Waals surface area (Å²) in [6.45, 7) is 7.22. The van der Waals surface area contributed by atoms with Gasteiger partial charge in [0.15, 0.2) is 0 Å². The average Bonchev–Trinajstić information content (AvgIpc) is 2.35. The lowest BCUT2D eigenvalue weighted by atomic mass is 9.84. The van der Waals surface area contributed by atoms with Crippen molar-refractivity contribution in [3.8, 4) is 0 Å². The van der Waals surface area contributed by atoms with Crippen LogP contribution in [0.2, 0.25) is 0 Å². The van der Waals surface area contributed by atoms with Gasteiger partial charge in [0.05, 0.1) is 0 Å². The monoisotopic (exact) mass is 319 g/mol. The van der Waals surface area contributed by atoms with Crippen molar-refractivity contribution < 1.29 is 26.1 Å². The molecule has 0 amide bonds. The second kappa shape index (κ2) is 8.84. The molecule has 0 aromatic rings. The highest BCUT2D eigenvalue weighted by Crippen LogP contribution is 2.23. The van der Waals surface area contributed by atoms with Crippen LogP contribution in [0.15, 0.2) is 0 Å². The van der Waals surface area contributed by atoms with Gasteiger partial charge in [0, 0.05) is 0 Å². The van der Waals surface area contributed by atoms with Gasteiger partial charge in [0.25, 0.3) is 0 Å². The fraction of sp³-hybridized carbons (Fsp3) is 1.00. The zero-order chi connectivity index (χ0) is 15.8. The molecule has 0 aliphatic carbocycles. The van der Waals surface area contributed by atoms with E-state index in [4.69, 9.17) is 13.0 Å². The summed E-state index contributed by atoms with van der Waals surface area (Å²) in [7, 11) is -5.84. The van der Waals surface area contributed by atoms with Gasteiger partial charge in [-0.2, -0.15) is 21.6 Å². The van der Waals surface area contributed by atoms with Gasteiger partial charge < -0.3 is 5.32 Å². The lowest BCUT2D eigenvalue weighted by Gasteiger charge is -2.28. The minimum Gasteiger partial charge on any atom is -0.316 e. The fourth-order valence-electron chi connectivity index (χ4n) is 2.13. The topological polar surface area (TPSA) is 66.4 Å². The number of halogens is 3. The van der Waals surface area contributed by atoms with Gasteiger partial charge in [-0.15, -0.1) is 0 Å². The summed E-state index contributed by atoms with van der Waals surface area (Å²) in [5.74, 6) is 1.91. The molecule has 0 aromatic heterocycles. The van der Waals surface area contributed by atoms with Gasteiger partial charge in [0.2, 0.25) is 0 Å². The van der Waals surface area contributed by atoms with E-state index in [1.807, 2.05) is 0 Å². The lowest BCUT2D eigenvalue weighted by molar-refractivity contribution is -0.0510. The first-order valence-electron chi connectivity index (χ1n) is 6.84. The number of piperidine rings is 1. The van der Waals surface area contributed by atoms with Crippen molar-refractivity contribution in [2.45, 2.75) is 51.5 Å². The Labute approximate surface area is 118 Å². The quantitative estimate of drug-likeness (QED) is 0.617. The van der Waals surface area contributed by atoms with Crippen molar-refractivity contribution in [3.05, 3.63) is 0 Å². The Morgan fingerprint density at radius 2 is 1.95 bits per heavy atom. The van der Waals surface area contributed by atoms with Crippen LogP contribution in [0.3, 0.4) is 0 Å². The van der Waals surface area contributed by atoms with E-state index in [-0.39, 0.29) is 0 Å². The predicted molar refractivity (Wildman–Crippen MR) is 71.9 cm³/mol. The van der Waals surface area contributed by atoms with Crippen LogP contribution in [0.4, 0.5) is 13.2 Å². The molecular weight excluding hydrogens is 295 g/mol. The third kappa shape index (κ3) is 8.06.